The lowest BCUT2D eigenvalue weighted by molar-refractivity contribution is 0.601. The molecule has 0 spiro atoms. The lowest BCUT2D eigenvalue weighted by Crippen LogP contribution is -2.14. The normalized spacial score (nSPS) is 11.4. The number of nitrogens with one attached hydrogen (secondary N) is 1. The van der Waals surface area contributed by atoms with Gasteiger partial charge in [-0.1, -0.05) is 17.7 Å². The van der Waals surface area contributed by atoms with Crippen molar-refractivity contribution in [2.75, 3.05) is 4.72 Å². The van der Waals surface area contributed by atoms with Crippen LogP contribution in [0.4, 0.5) is 5.69 Å². The highest BCUT2D eigenvalue weighted by Crippen LogP contribution is 2.30. The van der Waals surface area contributed by atoms with Crippen molar-refractivity contribution in [3.63, 3.8) is 0 Å². The van der Waals surface area contributed by atoms with Crippen LogP contribution in [0.1, 0.15) is 11.1 Å². The zero-order chi connectivity index (χ0) is 14.9. The maximum Gasteiger partial charge on any atom is 0.261 e. The van der Waals surface area contributed by atoms with Crippen LogP contribution in [0, 0.1) is 13.8 Å². The number of benzene rings is 2. The fraction of sp³-hybridized carbons (Fsp3) is 0.143. The molecule has 0 aliphatic carbocycles. The van der Waals surface area contributed by atoms with Crippen LogP contribution in [-0.2, 0) is 10.0 Å². The maximum atomic E-state index is 12.3. The predicted octanol–water partition coefficient (Wildman–Crippen LogP) is 4.52. The molecule has 6 heteroatoms. The molecule has 106 valence electrons. The Morgan fingerprint density at radius 3 is 2.25 bits per heavy atom. The van der Waals surface area contributed by atoms with Crippen LogP contribution in [0.25, 0.3) is 0 Å². The topological polar surface area (TPSA) is 46.2 Å². The highest BCUT2D eigenvalue weighted by atomic mass is 79.9. The van der Waals surface area contributed by atoms with Gasteiger partial charge < -0.3 is 0 Å². The molecule has 2 rings (SSSR count). The summed E-state index contributed by atoms with van der Waals surface area (Å²) in [5.74, 6) is 0. The summed E-state index contributed by atoms with van der Waals surface area (Å²) in [6, 6.07) is 9.84. The van der Waals surface area contributed by atoms with Crippen LogP contribution in [0.5, 0.6) is 0 Å². The van der Waals surface area contributed by atoms with E-state index in [0.717, 1.165) is 11.1 Å². The van der Waals surface area contributed by atoms with Gasteiger partial charge in [0.05, 0.1) is 10.6 Å². The van der Waals surface area contributed by atoms with Crippen molar-refractivity contribution in [2.45, 2.75) is 18.7 Å². The van der Waals surface area contributed by atoms with Crippen LogP contribution in [0.2, 0.25) is 5.02 Å². The molecule has 0 saturated carbocycles. The maximum absolute atomic E-state index is 12.3. The molecule has 0 aromatic heterocycles. The van der Waals surface area contributed by atoms with E-state index in [-0.39, 0.29) is 4.90 Å². The number of aryl methyl sites for hydroxylation is 2. The molecule has 3 nitrogen and oxygen atoms in total. The van der Waals surface area contributed by atoms with E-state index >= 15 is 0 Å². The van der Waals surface area contributed by atoms with E-state index in [0.29, 0.717) is 15.2 Å². The molecule has 0 unspecified atom stereocenters. The minimum atomic E-state index is -3.63. The fourth-order valence-electron chi connectivity index (χ4n) is 1.85. The predicted molar refractivity (Wildman–Crippen MR) is 85.9 cm³/mol. The van der Waals surface area contributed by atoms with Gasteiger partial charge in [0.2, 0.25) is 0 Å². The molecule has 2 aromatic carbocycles. The number of anilines is 1. The first kappa shape index (κ1) is 15.4. The molecule has 2 aromatic rings. The molecule has 0 heterocycles. The van der Waals surface area contributed by atoms with Crippen molar-refractivity contribution in [3.05, 3.63) is 57.0 Å². The second kappa shape index (κ2) is 5.76. The first-order chi connectivity index (χ1) is 9.29. The number of hydrogen-bond acceptors (Lipinski definition) is 2. The summed E-state index contributed by atoms with van der Waals surface area (Å²) in [6.45, 7) is 3.81. The van der Waals surface area contributed by atoms with Gasteiger partial charge in [0.25, 0.3) is 10.0 Å². The monoisotopic (exact) mass is 373 g/mol. The zero-order valence-electron chi connectivity index (χ0n) is 10.9. The van der Waals surface area contributed by atoms with Gasteiger partial charge in [0.1, 0.15) is 0 Å². The Morgan fingerprint density at radius 2 is 1.70 bits per heavy atom. The quantitative estimate of drug-likeness (QED) is 0.858. The summed E-state index contributed by atoms with van der Waals surface area (Å²) < 4.78 is 28.0. The summed E-state index contributed by atoms with van der Waals surface area (Å²) in [7, 11) is -3.63. The molecule has 0 atom stereocenters. The first-order valence-electron chi connectivity index (χ1n) is 5.85. The molecule has 20 heavy (non-hydrogen) atoms. The van der Waals surface area contributed by atoms with E-state index in [1.807, 2.05) is 26.0 Å². The first-order valence-corrected chi connectivity index (χ1v) is 8.50. The average molecular weight is 375 g/mol. The lowest BCUT2D eigenvalue weighted by atomic mass is 10.1. The second-order valence-corrected chi connectivity index (χ2v) is 7.47. The van der Waals surface area contributed by atoms with Crippen LogP contribution in [0.15, 0.2) is 45.8 Å². The van der Waals surface area contributed by atoms with Crippen molar-refractivity contribution in [1.29, 1.82) is 0 Å². The van der Waals surface area contributed by atoms with E-state index in [4.69, 9.17) is 11.6 Å². The number of hydrogen-bond donors (Lipinski definition) is 1. The highest BCUT2D eigenvalue weighted by molar-refractivity contribution is 9.10. The van der Waals surface area contributed by atoms with Gasteiger partial charge in [0.15, 0.2) is 0 Å². The zero-order valence-corrected chi connectivity index (χ0v) is 14.1. The largest absolute Gasteiger partial charge is 0.278 e. The van der Waals surface area contributed by atoms with Gasteiger partial charge in [-0.05, 0) is 71.2 Å². The van der Waals surface area contributed by atoms with Crippen LogP contribution < -0.4 is 4.72 Å². The Bertz CT molecular complexity index is 719. The van der Waals surface area contributed by atoms with Crippen LogP contribution in [0.3, 0.4) is 0 Å². The summed E-state index contributed by atoms with van der Waals surface area (Å²) in [5.41, 5.74) is 2.46. The summed E-state index contributed by atoms with van der Waals surface area (Å²) in [4.78, 5) is 0.175. The Labute approximate surface area is 132 Å². The molecule has 0 saturated heterocycles. The molecule has 0 aliphatic rings. The van der Waals surface area contributed by atoms with Gasteiger partial charge in [0, 0.05) is 9.50 Å². The summed E-state index contributed by atoms with van der Waals surface area (Å²) in [5, 5.41) is 0.497. The van der Waals surface area contributed by atoms with E-state index in [1.54, 1.807) is 12.1 Å². The Kier molecular flexibility index (Phi) is 4.42. The van der Waals surface area contributed by atoms with Crippen molar-refractivity contribution >= 4 is 43.2 Å². The molecule has 1 N–H and O–H groups in total. The second-order valence-electron chi connectivity index (χ2n) is 4.50. The average Bonchev–Trinajstić information content (AvgIpc) is 2.34. The standard InChI is InChI=1S/C14H13BrClNO2S/c1-9-7-10(2)14(13(15)8-9)17-20(18,19)12-5-3-11(16)4-6-12/h3-8,17H,1-2H3. The van der Waals surface area contributed by atoms with Crippen molar-refractivity contribution in [2.24, 2.45) is 0 Å². The third-order valence-electron chi connectivity index (χ3n) is 2.79. The van der Waals surface area contributed by atoms with Gasteiger partial charge >= 0.3 is 0 Å². The van der Waals surface area contributed by atoms with Gasteiger partial charge in [-0.25, -0.2) is 8.42 Å². The minimum absolute atomic E-state index is 0.175. The van der Waals surface area contributed by atoms with Gasteiger partial charge in [-0.2, -0.15) is 0 Å². The van der Waals surface area contributed by atoms with E-state index < -0.39 is 10.0 Å². The lowest BCUT2D eigenvalue weighted by Gasteiger charge is -2.13. The Morgan fingerprint density at radius 1 is 1.10 bits per heavy atom. The number of sulfonamides is 1. The van der Waals surface area contributed by atoms with E-state index in [9.17, 15) is 8.42 Å². The summed E-state index contributed by atoms with van der Waals surface area (Å²) in [6.07, 6.45) is 0. The summed E-state index contributed by atoms with van der Waals surface area (Å²) >= 11 is 9.15. The van der Waals surface area contributed by atoms with Crippen LogP contribution in [-0.4, -0.2) is 8.42 Å². The fourth-order valence-corrected chi connectivity index (χ4v) is 4.03. The Balaban J connectivity index is 2.41. The van der Waals surface area contributed by atoms with Crippen molar-refractivity contribution in [3.8, 4) is 0 Å². The SMILES string of the molecule is Cc1cc(C)c(NS(=O)(=O)c2ccc(Cl)cc2)c(Br)c1. The van der Waals surface area contributed by atoms with Crippen molar-refractivity contribution < 1.29 is 8.42 Å². The molecule has 0 bridgehead atoms. The third-order valence-corrected chi connectivity index (χ3v) is 5.04. The Hall–Kier alpha value is -1.04. The number of rotatable bonds is 3. The molecule has 0 amide bonds. The molecular weight excluding hydrogens is 362 g/mol. The minimum Gasteiger partial charge on any atom is -0.278 e. The highest BCUT2D eigenvalue weighted by Gasteiger charge is 2.17. The molecular formula is C14H13BrClNO2S. The smallest absolute Gasteiger partial charge is 0.261 e. The van der Waals surface area contributed by atoms with Crippen LogP contribution >= 0.6 is 27.5 Å². The molecule has 0 aliphatic heterocycles. The molecule has 0 radical (unpaired) electrons. The van der Waals surface area contributed by atoms with Crippen molar-refractivity contribution in [1.82, 2.24) is 0 Å². The van der Waals surface area contributed by atoms with E-state index in [2.05, 4.69) is 20.7 Å². The third kappa shape index (κ3) is 3.34. The van der Waals surface area contributed by atoms with E-state index in [1.165, 1.54) is 12.1 Å². The van der Waals surface area contributed by atoms with Gasteiger partial charge in [-0.15, -0.1) is 0 Å². The number of halogens is 2. The molecule has 0 fully saturated rings. The van der Waals surface area contributed by atoms with Gasteiger partial charge in [-0.3, -0.25) is 4.72 Å².